The second kappa shape index (κ2) is 7.63. The van der Waals surface area contributed by atoms with Gasteiger partial charge in [-0.15, -0.1) is 5.10 Å². The summed E-state index contributed by atoms with van der Waals surface area (Å²) in [7, 11) is -3.25. The zero-order valence-electron chi connectivity index (χ0n) is 14.2. The van der Waals surface area contributed by atoms with E-state index in [9.17, 15) is 13.2 Å². The summed E-state index contributed by atoms with van der Waals surface area (Å²) in [5.41, 5.74) is 3.30. The molecule has 0 radical (unpaired) electrons. The van der Waals surface area contributed by atoms with Gasteiger partial charge in [0.15, 0.2) is 0 Å². The number of para-hydroxylation sites is 1. The molecule has 0 saturated heterocycles. The van der Waals surface area contributed by atoms with E-state index in [1.165, 1.54) is 0 Å². The number of sulfonamides is 1. The van der Waals surface area contributed by atoms with Gasteiger partial charge in [0.05, 0.1) is 18.3 Å². The fraction of sp³-hybridized carbons (Fsp3) is 0.235. The van der Waals surface area contributed by atoms with Crippen molar-refractivity contribution in [1.82, 2.24) is 25.0 Å². The molecule has 3 aromatic rings. The fourth-order valence-electron chi connectivity index (χ4n) is 2.48. The number of nitrogens with zero attached hydrogens (tertiary/aromatic N) is 3. The number of nitrogens with one attached hydrogen (secondary N) is 2. The smallest absolute Gasteiger partial charge is 0.251 e. The van der Waals surface area contributed by atoms with Crippen LogP contribution in [0.15, 0.2) is 48.5 Å². The van der Waals surface area contributed by atoms with E-state index in [4.69, 9.17) is 0 Å². The first kappa shape index (κ1) is 18.0. The molecule has 0 unspecified atom stereocenters. The minimum atomic E-state index is -3.25. The van der Waals surface area contributed by atoms with Gasteiger partial charge in [0.25, 0.3) is 5.91 Å². The maximum atomic E-state index is 12.1. The Labute approximate surface area is 151 Å². The van der Waals surface area contributed by atoms with E-state index in [0.29, 0.717) is 12.1 Å². The number of amides is 1. The van der Waals surface area contributed by atoms with Crippen LogP contribution in [0.4, 0.5) is 0 Å². The van der Waals surface area contributed by atoms with Crippen molar-refractivity contribution in [2.75, 3.05) is 19.3 Å². The molecule has 1 aromatic heterocycles. The molecule has 0 aliphatic rings. The maximum absolute atomic E-state index is 12.1. The Hall–Kier alpha value is -2.78. The van der Waals surface area contributed by atoms with E-state index in [0.717, 1.165) is 22.9 Å². The van der Waals surface area contributed by atoms with Gasteiger partial charge in [-0.1, -0.05) is 29.5 Å². The van der Waals surface area contributed by atoms with Crippen molar-refractivity contribution in [3.05, 3.63) is 59.7 Å². The summed E-state index contributed by atoms with van der Waals surface area (Å²) in [5.74, 6) is -0.252. The van der Waals surface area contributed by atoms with Gasteiger partial charge >= 0.3 is 0 Å². The molecule has 0 aliphatic carbocycles. The Morgan fingerprint density at radius 1 is 1.08 bits per heavy atom. The van der Waals surface area contributed by atoms with Crippen LogP contribution in [0, 0.1) is 0 Å². The lowest BCUT2D eigenvalue weighted by molar-refractivity contribution is 0.0954. The molecule has 136 valence electrons. The Kier molecular flexibility index (Phi) is 5.29. The number of rotatable bonds is 7. The molecule has 0 spiro atoms. The standard InChI is InChI=1S/C17H19N5O3S/c1-26(24,25)19-11-10-18-17(23)14-8-6-13(7-9-14)12-22-16-5-3-2-4-15(16)20-21-22/h2-9,19H,10-12H2,1H3,(H,18,23). The molecule has 3 rings (SSSR count). The van der Waals surface area contributed by atoms with Crippen molar-refractivity contribution < 1.29 is 13.2 Å². The number of carbonyl (C=O) groups excluding carboxylic acids is 1. The second-order valence-corrected chi connectivity index (χ2v) is 7.69. The number of aromatic nitrogens is 3. The number of benzene rings is 2. The van der Waals surface area contributed by atoms with Crippen LogP contribution in [0.3, 0.4) is 0 Å². The number of fused-ring (bicyclic) bond motifs is 1. The molecule has 2 N–H and O–H groups in total. The first-order valence-electron chi connectivity index (χ1n) is 8.02. The fourth-order valence-corrected chi connectivity index (χ4v) is 2.96. The summed E-state index contributed by atoms with van der Waals surface area (Å²) < 4.78 is 26.0. The predicted molar refractivity (Wildman–Crippen MR) is 98.3 cm³/mol. The largest absolute Gasteiger partial charge is 0.351 e. The summed E-state index contributed by atoms with van der Waals surface area (Å²) in [6, 6.07) is 14.9. The Balaban J connectivity index is 1.59. The molecule has 1 heterocycles. The molecule has 2 aromatic carbocycles. The van der Waals surface area contributed by atoms with Crippen LogP contribution in [0.1, 0.15) is 15.9 Å². The van der Waals surface area contributed by atoms with Crippen molar-refractivity contribution in [3.8, 4) is 0 Å². The van der Waals surface area contributed by atoms with E-state index in [1.807, 2.05) is 36.4 Å². The Morgan fingerprint density at radius 2 is 1.81 bits per heavy atom. The normalized spacial score (nSPS) is 11.6. The molecule has 9 heteroatoms. The quantitative estimate of drug-likeness (QED) is 0.595. The lowest BCUT2D eigenvalue weighted by Gasteiger charge is -2.07. The summed E-state index contributed by atoms with van der Waals surface area (Å²) in [6.07, 6.45) is 1.08. The van der Waals surface area contributed by atoms with Crippen molar-refractivity contribution in [3.63, 3.8) is 0 Å². The summed E-state index contributed by atoms with van der Waals surface area (Å²) >= 11 is 0. The monoisotopic (exact) mass is 373 g/mol. The lowest BCUT2D eigenvalue weighted by Crippen LogP contribution is -2.34. The van der Waals surface area contributed by atoms with Crippen molar-refractivity contribution in [1.29, 1.82) is 0 Å². The summed E-state index contributed by atoms with van der Waals surface area (Å²) in [5, 5.41) is 10.9. The van der Waals surface area contributed by atoms with Crippen LogP contribution in [-0.4, -0.2) is 48.7 Å². The molecule has 8 nitrogen and oxygen atoms in total. The number of carbonyl (C=O) groups is 1. The van der Waals surface area contributed by atoms with Gasteiger partial charge in [0.2, 0.25) is 10.0 Å². The average Bonchev–Trinajstić information content (AvgIpc) is 3.01. The van der Waals surface area contributed by atoms with Gasteiger partial charge in [-0.05, 0) is 29.8 Å². The third kappa shape index (κ3) is 4.64. The Bertz CT molecular complexity index is 1010. The molecular formula is C17H19N5O3S. The molecule has 0 saturated carbocycles. The third-order valence-electron chi connectivity index (χ3n) is 3.74. The lowest BCUT2D eigenvalue weighted by atomic mass is 10.1. The summed E-state index contributed by atoms with van der Waals surface area (Å²) in [6.45, 7) is 0.932. The number of hydrogen-bond donors (Lipinski definition) is 2. The van der Waals surface area contributed by atoms with E-state index in [1.54, 1.807) is 16.8 Å². The third-order valence-corrected chi connectivity index (χ3v) is 4.47. The topological polar surface area (TPSA) is 106 Å². The van der Waals surface area contributed by atoms with Crippen LogP contribution in [0.2, 0.25) is 0 Å². The summed E-state index contributed by atoms with van der Waals surface area (Å²) in [4.78, 5) is 12.1. The minimum absolute atomic E-state index is 0.155. The van der Waals surface area contributed by atoms with Gasteiger partial charge in [-0.25, -0.2) is 17.8 Å². The van der Waals surface area contributed by atoms with Crippen molar-refractivity contribution in [2.45, 2.75) is 6.54 Å². The van der Waals surface area contributed by atoms with Crippen molar-refractivity contribution in [2.24, 2.45) is 0 Å². The molecule has 0 aliphatic heterocycles. The van der Waals surface area contributed by atoms with Crippen LogP contribution < -0.4 is 10.0 Å². The van der Waals surface area contributed by atoms with Gasteiger partial charge in [0, 0.05) is 18.7 Å². The highest BCUT2D eigenvalue weighted by Crippen LogP contribution is 2.12. The minimum Gasteiger partial charge on any atom is -0.351 e. The van der Waals surface area contributed by atoms with Crippen LogP contribution >= 0.6 is 0 Å². The zero-order chi connectivity index (χ0) is 18.6. The second-order valence-electron chi connectivity index (χ2n) is 5.86. The highest BCUT2D eigenvalue weighted by molar-refractivity contribution is 7.88. The molecule has 0 atom stereocenters. The highest BCUT2D eigenvalue weighted by atomic mass is 32.2. The molecule has 26 heavy (non-hydrogen) atoms. The SMILES string of the molecule is CS(=O)(=O)NCCNC(=O)c1ccc(Cn2nnc3ccccc32)cc1. The van der Waals surface area contributed by atoms with Gasteiger partial charge < -0.3 is 5.32 Å². The van der Waals surface area contributed by atoms with E-state index < -0.39 is 10.0 Å². The molecule has 0 bridgehead atoms. The van der Waals surface area contributed by atoms with E-state index in [-0.39, 0.29) is 19.0 Å². The van der Waals surface area contributed by atoms with Crippen LogP contribution in [0.25, 0.3) is 11.0 Å². The van der Waals surface area contributed by atoms with E-state index >= 15 is 0 Å². The Morgan fingerprint density at radius 3 is 2.54 bits per heavy atom. The van der Waals surface area contributed by atoms with Gasteiger partial charge in [-0.2, -0.15) is 0 Å². The number of hydrogen-bond acceptors (Lipinski definition) is 5. The van der Waals surface area contributed by atoms with Crippen molar-refractivity contribution >= 4 is 27.0 Å². The molecule has 1 amide bonds. The van der Waals surface area contributed by atoms with Crippen LogP contribution in [0.5, 0.6) is 0 Å². The maximum Gasteiger partial charge on any atom is 0.251 e. The molecular weight excluding hydrogens is 354 g/mol. The average molecular weight is 373 g/mol. The van der Waals surface area contributed by atoms with Crippen LogP contribution in [-0.2, 0) is 16.6 Å². The van der Waals surface area contributed by atoms with Gasteiger partial charge in [0.1, 0.15) is 5.52 Å². The first-order valence-corrected chi connectivity index (χ1v) is 9.91. The van der Waals surface area contributed by atoms with Gasteiger partial charge in [-0.3, -0.25) is 4.79 Å². The van der Waals surface area contributed by atoms with E-state index in [2.05, 4.69) is 20.4 Å². The first-order chi connectivity index (χ1) is 12.4. The predicted octanol–water partition coefficient (Wildman–Crippen LogP) is 0.759. The highest BCUT2D eigenvalue weighted by Gasteiger charge is 2.07. The molecule has 0 fully saturated rings. The zero-order valence-corrected chi connectivity index (χ0v) is 15.0.